The first kappa shape index (κ1) is 25.7. The third kappa shape index (κ3) is 11.4. The molecule has 2 heterocycles. The molecule has 1 fully saturated rings. The van der Waals surface area contributed by atoms with Gasteiger partial charge in [-0.3, -0.25) is 0 Å². The normalized spacial score (nSPS) is 17.0. The van der Waals surface area contributed by atoms with Crippen molar-refractivity contribution in [1.29, 1.82) is 0 Å². The van der Waals surface area contributed by atoms with Gasteiger partial charge in [0.1, 0.15) is 0 Å². The van der Waals surface area contributed by atoms with Gasteiger partial charge in [0.25, 0.3) is 0 Å². The highest BCUT2D eigenvalue weighted by Gasteiger charge is 2.28. The number of pyridine rings is 1. The SMILES string of the molecule is CCNC(=NCc1ccc(OCC(F)(F)F)nc1)NCCCOC1CCOC1.I. The van der Waals surface area contributed by atoms with E-state index < -0.39 is 12.8 Å². The molecule has 0 amide bonds. The van der Waals surface area contributed by atoms with Crippen LogP contribution >= 0.6 is 24.0 Å². The van der Waals surface area contributed by atoms with Gasteiger partial charge < -0.3 is 24.8 Å². The minimum Gasteiger partial charge on any atom is -0.468 e. The van der Waals surface area contributed by atoms with E-state index in [2.05, 4.69) is 25.3 Å². The summed E-state index contributed by atoms with van der Waals surface area (Å²) in [5.74, 6) is 0.590. The lowest BCUT2D eigenvalue weighted by Crippen LogP contribution is -2.38. The number of ether oxygens (including phenoxy) is 3. The monoisotopic (exact) mass is 532 g/mol. The van der Waals surface area contributed by atoms with Crippen LogP contribution < -0.4 is 15.4 Å². The van der Waals surface area contributed by atoms with Crippen molar-refractivity contribution >= 4 is 29.9 Å². The third-order valence-corrected chi connectivity index (χ3v) is 3.80. The number of nitrogens with zero attached hydrogens (tertiary/aromatic N) is 2. The molecule has 0 aromatic carbocycles. The fraction of sp³-hybridized carbons (Fsp3) is 0.667. The fourth-order valence-electron chi connectivity index (χ4n) is 2.43. The number of rotatable bonds is 10. The van der Waals surface area contributed by atoms with Gasteiger partial charge in [0, 0.05) is 38.6 Å². The second-order valence-corrected chi connectivity index (χ2v) is 6.24. The summed E-state index contributed by atoms with van der Waals surface area (Å²) >= 11 is 0. The van der Waals surface area contributed by atoms with Gasteiger partial charge in [-0.25, -0.2) is 9.98 Å². The van der Waals surface area contributed by atoms with Crippen molar-refractivity contribution in [3.8, 4) is 5.88 Å². The van der Waals surface area contributed by atoms with Crippen LogP contribution in [0.25, 0.3) is 0 Å². The van der Waals surface area contributed by atoms with Crippen LogP contribution in [0.5, 0.6) is 5.88 Å². The molecule has 1 aliphatic heterocycles. The first-order valence-corrected chi connectivity index (χ1v) is 9.32. The van der Waals surface area contributed by atoms with E-state index in [0.717, 1.165) is 25.0 Å². The Balaban J connectivity index is 0.00000420. The van der Waals surface area contributed by atoms with Gasteiger partial charge in [-0.2, -0.15) is 13.2 Å². The maximum Gasteiger partial charge on any atom is 0.422 e. The number of hydrogen-bond acceptors (Lipinski definition) is 5. The van der Waals surface area contributed by atoms with E-state index in [0.29, 0.717) is 38.8 Å². The summed E-state index contributed by atoms with van der Waals surface area (Å²) in [6.07, 6.45) is -0.930. The Morgan fingerprint density at radius 3 is 2.79 bits per heavy atom. The van der Waals surface area contributed by atoms with E-state index in [1.807, 2.05) is 6.92 Å². The summed E-state index contributed by atoms with van der Waals surface area (Å²) in [4.78, 5) is 8.32. The topological polar surface area (TPSA) is 77.0 Å². The summed E-state index contributed by atoms with van der Waals surface area (Å²) in [7, 11) is 0. The molecular weight excluding hydrogens is 504 g/mol. The molecule has 0 saturated carbocycles. The summed E-state index contributed by atoms with van der Waals surface area (Å²) < 4.78 is 52.0. The number of aliphatic imine (C=N–C) groups is 1. The molecule has 2 N–H and O–H groups in total. The average molecular weight is 532 g/mol. The largest absolute Gasteiger partial charge is 0.468 e. The average Bonchev–Trinajstić information content (AvgIpc) is 3.18. The minimum absolute atomic E-state index is 0. The van der Waals surface area contributed by atoms with Crippen molar-refractivity contribution in [1.82, 2.24) is 15.6 Å². The zero-order valence-corrected chi connectivity index (χ0v) is 18.7. The highest BCUT2D eigenvalue weighted by atomic mass is 127. The highest BCUT2D eigenvalue weighted by molar-refractivity contribution is 14.0. The van der Waals surface area contributed by atoms with E-state index in [9.17, 15) is 13.2 Å². The van der Waals surface area contributed by atoms with Crippen molar-refractivity contribution in [3.63, 3.8) is 0 Å². The molecule has 2 rings (SSSR count). The Morgan fingerprint density at radius 1 is 1.34 bits per heavy atom. The molecule has 29 heavy (non-hydrogen) atoms. The van der Waals surface area contributed by atoms with E-state index in [1.165, 1.54) is 12.3 Å². The Bertz CT molecular complexity index is 597. The van der Waals surface area contributed by atoms with Gasteiger partial charge in [0.15, 0.2) is 12.6 Å². The van der Waals surface area contributed by atoms with Gasteiger partial charge in [0.2, 0.25) is 5.88 Å². The maximum absolute atomic E-state index is 12.1. The molecule has 0 spiro atoms. The van der Waals surface area contributed by atoms with Crippen molar-refractivity contribution in [2.45, 2.75) is 38.6 Å². The van der Waals surface area contributed by atoms with Crippen LogP contribution in [0.15, 0.2) is 23.3 Å². The molecule has 0 bridgehead atoms. The van der Waals surface area contributed by atoms with Crippen LogP contribution in [0.2, 0.25) is 0 Å². The Hall–Kier alpha value is -1.34. The lowest BCUT2D eigenvalue weighted by atomic mass is 10.3. The number of alkyl halides is 3. The van der Waals surface area contributed by atoms with Crippen LogP contribution in [0.1, 0.15) is 25.3 Å². The smallest absolute Gasteiger partial charge is 0.422 e. The molecule has 1 saturated heterocycles. The Morgan fingerprint density at radius 2 is 2.17 bits per heavy atom. The molecule has 0 aliphatic carbocycles. The number of nitrogens with one attached hydrogen (secondary N) is 2. The van der Waals surface area contributed by atoms with Crippen molar-refractivity contribution < 1.29 is 27.4 Å². The molecule has 1 aromatic rings. The van der Waals surface area contributed by atoms with E-state index in [1.54, 1.807) is 6.07 Å². The van der Waals surface area contributed by atoms with Crippen LogP contribution in [0.4, 0.5) is 13.2 Å². The summed E-state index contributed by atoms with van der Waals surface area (Å²) in [5, 5.41) is 6.36. The Labute approximate surface area is 185 Å². The van der Waals surface area contributed by atoms with Crippen molar-refractivity contribution in [2.24, 2.45) is 4.99 Å². The fourth-order valence-corrected chi connectivity index (χ4v) is 2.43. The number of guanidine groups is 1. The lowest BCUT2D eigenvalue weighted by Gasteiger charge is -2.13. The second-order valence-electron chi connectivity index (χ2n) is 6.24. The standard InChI is InChI=1S/C18H27F3N4O3.HI/c1-2-22-17(23-7-3-8-27-15-6-9-26-12-15)25-11-14-4-5-16(24-10-14)28-13-18(19,20)21;/h4-5,10,15H,2-3,6-9,11-13H2,1H3,(H2,22,23,25);1H. The number of hydrogen-bond donors (Lipinski definition) is 2. The zero-order valence-electron chi connectivity index (χ0n) is 16.3. The summed E-state index contributed by atoms with van der Waals surface area (Å²) in [6.45, 7) is 4.47. The predicted molar refractivity (Wildman–Crippen MR) is 114 cm³/mol. The van der Waals surface area contributed by atoms with Crippen molar-refractivity contribution in [3.05, 3.63) is 23.9 Å². The van der Waals surface area contributed by atoms with Gasteiger partial charge in [-0.05, 0) is 25.3 Å². The maximum atomic E-state index is 12.1. The molecule has 7 nitrogen and oxygen atoms in total. The quantitative estimate of drug-likeness (QED) is 0.209. The van der Waals surface area contributed by atoms with Crippen LogP contribution in [-0.4, -0.2) is 62.7 Å². The molecule has 166 valence electrons. The minimum atomic E-state index is -4.38. The molecule has 0 radical (unpaired) electrons. The highest BCUT2D eigenvalue weighted by Crippen LogP contribution is 2.17. The van der Waals surface area contributed by atoms with Crippen LogP contribution in [0.3, 0.4) is 0 Å². The molecule has 1 unspecified atom stereocenters. The third-order valence-electron chi connectivity index (χ3n) is 3.80. The molecule has 1 aliphatic rings. The van der Waals surface area contributed by atoms with Crippen molar-refractivity contribution in [2.75, 3.05) is 39.5 Å². The van der Waals surface area contributed by atoms with E-state index >= 15 is 0 Å². The van der Waals surface area contributed by atoms with E-state index in [-0.39, 0.29) is 36.0 Å². The first-order chi connectivity index (χ1) is 13.5. The zero-order chi connectivity index (χ0) is 20.2. The van der Waals surface area contributed by atoms with Crippen LogP contribution in [-0.2, 0) is 16.0 Å². The lowest BCUT2D eigenvalue weighted by molar-refractivity contribution is -0.154. The van der Waals surface area contributed by atoms with E-state index in [4.69, 9.17) is 9.47 Å². The number of halogens is 4. The summed E-state index contributed by atoms with van der Waals surface area (Å²) in [5.41, 5.74) is 0.765. The first-order valence-electron chi connectivity index (χ1n) is 9.32. The van der Waals surface area contributed by atoms with Gasteiger partial charge in [0.05, 0.1) is 19.3 Å². The van der Waals surface area contributed by atoms with Gasteiger partial charge in [-0.1, -0.05) is 6.07 Å². The predicted octanol–water partition coefficient (Wildman–Crippen LogP) is 2.89. The molecule has 1 atom stereocenters. The van der Waals surface area contributed by atoms with Gasteiger partial charge in [-0.15, -0.1) is 24.0 Å². The van der Waals surface area contributed by atoms with Crippen LogP contribution in [0, 0.1) is 0 Å². The second kappa shape index (κ2) is 13.8. The number of aromatic nitrogens is 1. The summed E-state index contributed by atoms with van der Waals surface area (Å²) in [6, 6.07) is 3.05. The molecule has 1 aromatic heterocycles. The van der Waals surface area contributed by atoms with Gasteiger partial charge >= 0.3 is 6.18 Å². The molecule has 11 heteroatoms. The Kier molecular flexibility index (Phi) is 12.2. The molecular formula is C18H28F3IN4O3.